The van der Waals surface area contributed by atoms with E-state index in [1.165, 1.54) is 28.8 Å². The molecule has 0 unspecified atom stereocenters. The molecular formula is C12H24O4Si. The van der Waals surface area contributed by atoms with Crippen LogP contribution in [0.1, 0.15) is 12.8 Å². The summed E-state index contributed by atoms with van der Waals surface area (Å²) in [6.07, 6.45) is 4.67. The molecule has 0 saturated heterocycles. The first-order valence-electron chi connectivity index (χ1n) is 5.44. The zero-order valence-corrected chi connectivity index (χ0v) is 13.3. The maximum absolute atomic E-state index is 5.14. The zero-order valence-electron chi connectivity index (χ0n) is 11.3. The van der Waals surface area contributed by atoms with Crippen LogP contribution in [0.2, 0.25) is 6.04 Å². The van der Waals surface area contributed by atoms with Crippen molar-refractivity contribution in [2.75, 3.05) is 21.3 Å². The summed E-state index contributed by atoms with van der Waals surface area (Å²) in [4.78, 5) is 0. The molecule has 0 aromatic rings. The van der Waals surface area contributed by atoms with Gasteiger partial charge in [0.15, 0.2) is 5.76 Å². The Hall–Kier alpha value is -1.36. The van der Waals surface area contributed by atoms with Gasteiger partial charge in [-0.05, 0) is 6.42 Å². The van der Waals surface area contributed by atoms with Crippen LogP contribution >= 0.6 is 0 Å². The van der Waals surface area contributed by atoms with Crippen molar-refractivity contribution in [3.05, 3.63) is 37.4 Å². The van der Waals surface area contributed by atoms with Crippen LogP contribution in [0.3, 0.4) is 0 Å². The van der Waals surface area contributed by atoms with Gasteiger partial charge in [0.05, 0.1) is 33.9 Å². The van der Waals surface area contributed by atoms with E-state index in [2.05, 4.69) is 17.9 Å². The standard InChI is InChI=1S/C8H18O3Si.C4H6O/c1-9-7(5-4-6-12)8(10-2)11-3;1-3-5-4-2/h4-6H2,1-3,12H3;3-4H,1-2H2. The van der Waals surface area contributed by atoms with Crippen molar-refractivity contribution in [3.63, 3.8) is 0 Å². The number of ether oxygens (including phenoxy) is 4. The highest BCUT2D eigenvalue weighted by molar-refractivity contribution is 6.08. The molecule has 0 atom stereocenters. The molecule has 17 heavy (non-hydrogen) atoms. The Morgan fingerprint density at radius 1 is 1.06 bits per heavy atom. The highest BCUT2D eigenvalue weighted by Crippen LogP contribution is 2.13. The van der Waals surface area contributed by atoms with E-state index in [0.717, 1.165) is 18.6 Å². The van der Waals surface area contributed by atoms with Gasteiger partial charge in [-0.15, -0.1) is 0 Å². The number of rotatable bonds is 8. The van der Waals surface area contributed by atoms with Gasteiger partial charge in [0, 0.05) is 16.7 Å². The third-order valence-corrected chi connectivity index (χ3v) is 2.50. The largest absolute Gasteiger partial charge is 0.494 e. The first-order chi connectivity index (χ1) is 8.21. The molecule has 0 rings (SSSR count). The average Bonchev–Trinajstić information content (AvgIpc) is 2.36. The molecule has 0 heterocycles. The summed E-state index contributed by atoms with van der Waals surface area (Å²) < 4.78 is 19.5. The fraction of sp³-hybridized carbons (Fsp3) is 0.500. The number of hydrogen-bond donors (Lipinski definition) is 0. The molecular weight excluding hydrogens is 236 g/mol. The summed E-state index contributed by atoms with van der Waals surface area (Å²) in [6, 6.07) is 1.27. The van der Waals surface area contributed by atoms with E-state index in [0.29, 0.717) is 5.95 Å². The van der Waals surface area contributed by atoms with Gasteiger partial charge in [0.25, 0.3) is 0 Å². The van der Waals surface area contributed by atoms with E-state index in [4.69, 9.17) is 14.2 Å². The quantitative estimate of drug-likeness (QED) is 0.494. The molecule has 0 aliphatic carbocycles. The Morgan fingerprint density at radius 3 is 1.82 bits per heavy atom. The van der Waals surface area contributed by atoms with Gasteiger partial charge in [-0.2, -0.15) is 0 Å². The van der Waals surface area contributed by atoms with Gasteiger partial charge < -0.3 is 18.9 Å². The number of methoxy groups -OCH3 is 3. The fourth-order valence-corrected chi connectivity index (χ4v) is 1.36. The summed E-state index contributed by atoms with van der Waals surface area (Å²) >= 11 is 0. The van der Waals surface area contributed by atoms with Crippen LogP contribution in [0, 0.1) is 0 Å². The molecule has 0 N–H and O–H groups in total. The van der Waals surface area contributed by atoms with E-state index < -0.39 is 0 Å². The van der Waals surface area contributed by atoms with Crippen molar-refractivity contribution in [3.8, 4) is 0 Å². The van der Waals surface area contributed by atoms with Gasteiger partial charge in [-0.1, -0.05) is 19.2 Å². The Morgan fingerprint density at radius 2 is 1.59 bits per heavy atom. The van der Waals surface area contributed by atoms with Gasteiger partial charge in [-0.3, -0.25) is 0 Å². The Labute approximate surface area is 107 Å². The van der Waals surface area contributed by atoms with Crippen molar-refractivity contribution in [2.24, 2.45) is 0 Å². The highest BCUT2D eigenvalue weighted by Gasteiger charge is 2.06. The molecule has 0 amide bonds. The van der Waals surface area contributed by atoms with Gasteiger partial charge in [0.1, 0.15) is 0 Å². The molecule has 0 aromatic heterocycles. The van der Waals surface area contributed by atoms with Crippen molar-refractivity contribution < 1.29 is 18.9 Å². The SMILES string of the molecule is C=COC=C.COC(CCC[SiH3])=C(OC)OC. The average molecular weight is 260 g/mol. The second-order valence-electron chi connectivity index (χ2n) is 2.90. The lowest BCUT2D eigenvalue weighted by Crippen LogP contribution is -1.99. The van der Waals surface area contributed by atoms with E-state index in [1.54, 1.807) is 21.3 Å². The lowest BCUT2D eigenvalue weighted by molar-refractivity contribution is 0.0660. The summed E-state index contributed by atoms with van der Waals surface area (Å²) in [6.45, 7) is 6.51. The Bertz CT molecular complexity index is 215. The fourth-order valence-electron chi connectivity index (χ4n) is 1.00. The number of hydrogen-bond acceptors (Lipinski definition) is 4. The maximum Gasteiger partial charge on any atom is 0.318 e. The third-order valence-electron chi connectivity index (χ3n) is 1.79. The Balaban J connectivity index is 0. The van der Waals surface area contributed by atoms with E-state index in [1.807, 2.05) is 0 Å². The highest BCUT2D eigenvalue weighted by atomic mass is 28.1. The van der Waals surface area contributed by atoms with Crippen LogP contribution < -0.4 is 0 Å². The molecule has 0 aliphatic heterocycles. The summed E-state index contributed by atoms with van der Waals surface area (Å²) in [5.74, 6) is 1.29. The van der Waals surface area contributed by atoms with Crippen LogP contribution in [0.5, 0.6) is 0 Å². The first kappa shape index (κ1) is 18.0. The van der Waals surface area contributed by atoms with Crippen molar-refractivity contribution in [1.82, 2.24) is 0 Å². The minimum atomic E-state index is 0.493. The molecule has 0 bridgehead atoms. The molecule has 0 fully saturated rings. The van der Waals surface area contributed by atoms with Crippen molar-refractivity contribution in [2.45, 2.75) is 18.9 Å². The van der Waals surface area contributed by atoms with Crippen LogP contribution in [0.25, 0.3) is 0 Å². The first-order valence-corrected chi connectivity index (χ1v) is 6.85. The molecule has 0 radical (unpaired) electrons. The molecule has 100 valence electrons. The molecule has 4 nitrogen and oxygen atoms in total. The minimum absolute atomic E-state index is 0.493. The number of allylic oxidation sites excluding steroid dienone is 1. The van der Waals surface area contributed by atoms with E-state index >= 15 is 0 Å². The Kier molecular flexibility index (Phi) is 15.5. The monoisotopic (exact) mass is 260 g/mol. The van der Waals surface area contributed by atoms with Crippen LogP contribution in [0.4, 0.5) is 0 Å². The lowest BCUT2D eigenvalue weighted by atomic mass is 10.3. The summed E-state index contributed by atoms with van der Waals surface area (Å²) in [5, 5.41) is 0. The second-order valence-corrected chi connectivity index (χ2v) is 3.90. The van der Waals surface area contributed by atoms with E-state index in [-0.39, 0.29) is 0 Å². The van der Waals surface area contributed by atoms with Crippen LogP contribution in [-0.4, -0.2) is 31.6 Å². The molecule has 0 aliphatic rings. The smallest absolute Gasteiger partial charge is 0.318 e. The molecule has 5 heteroatoms. The zero-order chi connectivity index (χ0) is 13.5. The normalized spacial score (nSPS) is 8.18. The van der Waals surface area contributed by atoms with E-state index in [9.17, 15) is 0 Å². The van der Waals surface area contributed by atoms with Crippen molar-refractivity contribution in [1.29, 1.82) is 0 Å². The summed E-state index contributed by atoms with van der Waals surface area (Å²) in [7, 11) is 6.04. The second kappa shape index (κ2) is 14.6. The third kappa shape index (κ3) is 10.9. The predicted molar refractivity (Wildman–Crippen MR) is 73.5 cm³/mol. The lowest BCUT2D eigenvalue weighted by Gasteiger charge is -2.10. The van der Waals surface area contributed by atoms with Gasteiger partial charge in [-0.25, -0.2) is 0 Å². The van der Waals surface area contributed by atoms with Gasteiger partial charge >= 0.3 is 5.95 Å². The topological polar surface area (TPSA) is 36.9 Å². The van der Waals surface area contributed by atoms with Gasteiger partial charge in [0.2, 0.25) is 0 Å². The van der Waals surface area contributed by atoms with Crippen LogP contribution in [-0.2, 0) is 18.9 Å². The minimum Gasteiger partial charge on any atom is -0.494 e. The maximum atomic E-state index is 5.14. The van der Waals surface area contributed by atoms with Crippen LogP contribution in [0.15, 0.2) is 37.4 Å². The molecule has 0 aromatic carbocycles. The summed E-state index contributed by atoms with van der Waals surface area (Å²) in [5.41, 5.74) is 0. The molecule has 0 saturated carbocycles. The predicted octanol–water partition coefficient (Wildman–Crippen LogP) is 1.95. The molecule has 0 spiro atoms. The van der Waals surface area contributed by atoms with Crippen molar-refractivity contribution >= 4 is 10.2 Å².